The second-order valence-electron chi connectivity index (χ2n) is 7.12. The van der Waals surface area contributed by atoms with E-state index in [1.807, 2.05) is 12.1 Å². The van der Waals surface area contributed by atoms with Crippen LogP contribution in [0.4, 0.5) is 0 Å². The summed E-state index contributed by atoms with van der Waals surface area (Å²) in [6.07, 6.45) is 5.00. The molecule has 0 bridgehead atoms. The third-order valence-corrected chi connectivity index (χ3v) is 5.58. The highest BCUT2D eigenvalue weighted by atomic mass is 16.7. The van der Waals surface area contributed by atoms with Crippen molar-refractivity contribution in [3.8, 4) is 17.2 Å². The Hall–Kier alpha value is -3.55. The van der Waals surface area contributed by atoms with Gasteiger partial charge in [-0.2, -0.15) is 0 Å². The Labute approximate surface area is 167 Å². The molecule has 29 heavy (non-hydrogen) atoms. The summed E-state index contributed by atoms with van der Waals surface area (Å²) in [5, 5.41) is 0. The number of carbonyl (C=O) groups excluding carboxylic acids is 2. The largest absolute Gasteiger partial charge is 0.493 e. The first-order chi connectivity index (χ1) is 14.1. The van der Waals surface area contributed by atoms with Gasteiger partial charge in [0.2, 0.25) is 18.4 Å². The number of carbonyl (C=O) groups is 2. The molecular weight excluding hydrogens is 374 g/mol. The quantitative estimate of drug-likeness (QED) is 0.777. The fraction of sp³-hybridized carbons (Fsp3) is 0.286. The van der Waals surface area contributed by atoms with Crippen LogP contribution < -0.4 is 14.2 Å². The Morgan fingerprint density at radius 1 is 1.28 bits per heavy atom. The molecule has 2 aromatic rings. The highest BCUT2D eigenvalue weighted by Gasteiger charge is 2.44. The van der Waals surface area contributed by atoms with Gasteiger partial charge in [-0.25, -0.2) is 0 Å². The van der Waals surface area contributed by atoms with E-state index in [1.54, 1.807) is 47.6 Å². The minimum absolute atomic E-state index is 0.0813. The SMILES string of the molecule is COc1cc([C@H]2c3ncccc3C(=O)N3C=CN(C(C)=O)C[C@H]23)cc2c1OCO2. The van der Waals surface area contributed by atoms with Gasteiger partial charge in [-0.3, -0.25) is 14.6 Å². The van der Waals surface area contributed by atoms with E-state index in [4.69, 9.17) is 14.2 Å². The molecular formula is C21H19N3O5. The van der Waals surface area contributed by atoms with Crippen molar-refractivity contribution in [1.82, 2.24) is 14.8 Å². The summed E-state index contributed by atoms with van der Waals surface area (Å²) in [5.74, 6) is 1.25. The highest BCUT2D eigenvalue weighted by Crippen LogP contribution is 2.47. The van der Waals surface area contributed by atoms with E-state index in [2.05, 4.69) is 4.98 Å². The first-order valence-electron chi connectivity index (χ1n) is 9.29. The van der Waals surface area contributed by atoms with Crippen molar-refractivity contribution < 1.29 is 23.8 Å². The lowest BCUT2D eigenvalue weighted by molar-refractivity contribution is -0.127. The minimum Gasteiger partial charge on any atom is -0.493 e. The van der Waals surface area contributed by atoms with Crippen LogP contribution in [0, 0.1) is 0 Å². The Morgan fingerprint density at radius 2 is 2.14 bits per heavy atom. The number of ether oxygens (including phenoxy) is 3. The fourth-order valence-corrected chi connectivity index (χ4v) is 4.21. The van der Waals surface area contributed by atoms with E-state index < -0.39 is 0 Å². The molecule has 1 aromatic carbocycles. The summed E-state index contributed by atoms with van der Waals surface area (Å²) in [4.78, 5) is 32.9. The molecule has 4 heterocycles. The van der Waals surface area contributed by atoms with Gasteiger partial charge < -0.3 is 24.0 Å². The normalized spacial score (nSPS) is 21.7. The molecule has 5 rings (SSSR count). The van der Waals surface area contributed by atoms with Crippen LogP contribution in [-0.2, 0) is 4.79 Å². The van der Waals surface area contributed by atoms with Crippen molar-refractivity contribution in [2.45, 2.75) is 18.9 Å². The van der Waals surface area contributed by atoms with Gasteiger partial charge >= 0.3 is 0 Å². The summed E-state index contributed by atoms with van der Waals surface area (Å²) >= 11 is 0. The van der Waals surface area contributed by atoms with Crippen LogP contribution in [0.15, 0.2) is 42.9 Å². The highest BCUT2D eigenvalue weighted by molar-refractivity contribution is 5.98. The lowest BCUT2D eigenvalue weighted by Gasteiger charge is -2.44. The van der Waals surface area contributed by atoms with Gasteiger partial charge in [-0.1, -0.05) is 0 Å². The molecule has 1 aromatic heterocycles. The summed E-state index contributed by atoms with van der Waals surface area (Å²) in [6, 6.07) is 7.02. The molecule has 0 aliphatic carbocycles. The average molecular weight is 393 g/mol. The number of nitrogens with zero attached hydrogens (tertiary/aromatic N) is 3. The smallest absolute Gasteiger partial charge is 0.260 e. The summed E-state index contributed by atoms with van der Waals surface area (Å²) in [5.41, 5.74) is 2.11. The average Bonchev–Trinajstić information content (AvgIpc) is 3.22. The van der Waals surface area contributed by atoms with Gasteiger partial charge in [0.15, 0.2) is 11.5 Å². The van der Waals surface area contributed by atoms with E-state index in [9.17, 15) is 9.59 Å². The van der Waals surface area contributed by atoms with Crippen LogP contribution in [-0.4, -0.2) is 53.1 Å². The van der Waals surface area contributed by atoms with Crippen molar-refractivity contribution >= 4 is 11.8 Å². The van der Waals surface area contributed by atoms with Crippen molar-refractivity contribution in [2.24, 2.45) is 0 Å². The Kier molecular flexibility index (Phi) is 3.94. The van der Waals surface area contributed by atoms with Gasteiger partial charge in [-0.15, -0.1) is 0 Å². The van der Waals surface area contributed by atoms with Crippen LogP contribution in [0.3, 0.4) is 0 Å². The molecule has 0 radical (unpaired) electrons. The van der Waals surface area contributed by atoms with Crippen LogP contribution in [0.5, 0.6) is 17.2 Å². The standard InChI is InChI=1S/C21H19N3O5/c1-12(25)23-6-7-24-15(10-23)18(19-14(21(24)26)4-3-5-22-19)13-8-16(27-2)20-17(9-13)28-11-29-20/h3-9,15,18H,10-11H2,1-2H3/t15-,18-/m1/s1. The number of rotatable bonds is 2. The van der Waals surface area contributed by atoms with Crippen molar-refractivity contribution in [1.29, 1.82) is 0 Å². The molecule has 0 saturated carbocycles. The van der Waals surface area contributed by atoms with Crippen LogP contribution in [0.2, 0.25) is 0 Å². The molecule has 2 amide bonds. The third-order valence-electron chi connectivity index (χ3n) is 5.58. The molecule has 3 aliphatic heterocycles. The predicted octanol–water partition coefficient (Wildman–Crippen LogP) is 2.11. The lowest BCUT2D eigenvalue weighted by atomic mass is 9.80. The van der Waals surface area contributed by atoms with Gasteiger partial charge in [0.05, 0.1) is 24.4 Å². The number of methoxy groups -OCH3 is 1. The second kappa shape index (κ2) is 6.51. The maximum Gasteiger partial charge on any atom is 0.260 e. The molecule has 148 valence electrons. The molecule has 0 unspecified atom stereocenters. The molecule has 0 fully saturated rings. The molecule has 0 N–H and O–H groups in total. The zero-order valence-corrected chi connectivity index (χ0v) is 16.0. The zero-order chi connectivity index (χ0) is 20.1. The topological polar surface area (TPSA) is 81.2 Å². The predicted molar refractivity (Wildman–Crippen MR) is 102 cm³/mol. The molecule has 2 atom stereocenters. The molecule has 8 nitrogen and oxygen atoms in total. The number of amides is 2. The maximum absolute atomic E-state index is 13.1. The monoisotopic (exact) mass is 393 g/mol. The maximum atomic E-state index is 13.1. The van der Waals surface area contributed by atoms with Gasteiger partial charge in [0, 0.05) is 38.0 Å². The lowest BCUT2D eigenvalue weighted by Crippen LogP contribution is -2.53. The fourth-order valence-electron chi connectivity index (χ4n) is 4.21. The summed E-state index contributed by atoms with van der Waals surface area (Å²) in [7, 11) is 1.57. The first-order valence-corrected chi connectivity index (χ1v) is 9.29. The number of hydrogen-bond acceptors (Lipinski definition) is 6. The second-order valence-corrected chi connectivity index (χ2v) is 7.12. The van der Waals surface area contributed by atoms with Crippen molar-refractivity contribution in [2.75, 3.05) is 20.4 Å². The third kappa shape index (κ3) is 2.63. The Morgan fingerprint density at radius 3 is 2.93 bits per heavy atom. The molecule has 0 saturated heterocycles. The van der Waals surface area contributed by atoms with Crippen LogP contribution in [0.1, 0.15) is 34.5 Å². The zero-order valence-electron chi connectivity index (χ0n) is 16.0. The number of fused-ring (bicyclic) bond motifs is 3. The molecule has 0 spiro atoms. The number of benzene rings is 1. The number of pyridine rings is 1. The Balaban J connectivity index is 1.69. The van der Waals surface area contributed by atoms with Gasteiger partial charge in [-0.05, 0) is 29.8 Å². The van der Waals surface area contributed by atoms with Crippen molar-refractivity contribution in [3.05, 3.63) is 59.7 Å². The van der Waals surface area contributed by atoms with E-state index in [-0.39, 0.29) is 30.6 Å². The van der Waals surface area contributed by atoms with Crippen LogP contribution in [0.25, 0.3) is 0 Å². The van der Waals surface area contributed by atoms with Gasteiger partial charge in [0.1, 0.15) is 0 Å². The molecule has 8 heteroatoms. The van der Waals surface area contributed by atoms with E-state index >= 15 is 0 Å². The number of hydrogen-bond donors (Lipinski definition) is 0. The Bertz CT molecular complexity index is 1050. The minimum atomic E-state index is -0.302. The van der Waals surface area contributed by atoms with E-state index in [0.29, 0.717) is 35.1 Å². The van der Waals surface area contributed by atoms with Crippen LogP contribution >= 0.6 is 0 Å². The molecule has 3 aliphatic rings. The van der Waals surface area contributed by atoms with Gasteiger partial charge in [0.25, 0.3) is 5.91 Å². The van der Waals surface area contributed by atoms with E-state index in [0.717, 1.165) is 5.56 Å². The number of aromatic nitrogens is 1. The van der Waals surface area contributed by atoms with Crippen molar-refractivity contribution in [3.63, 3.8) is 0 Å². The summed E-state index contributed by atoms with van der Waals surface area (Å²) < 4.78 is 16.6. The summed E-state index contributed by atoms with van der Waals surface area (Å²) in [6.45, 7) is 2.01. The first kappa shape index (κ1) is 17.5. The van der Waals surface area contributed by atoms with E-state index in [1.165, 1.54) is 6.92 Å².